The number of halogens is 2. The second kappa shape index (κ2) is 10.1. The summed E-state index contributed by atoms with van der Waals surface area (Å²) in [5.41, 5.74) is 1.58. The Labute approximate surface area is 222 Å². The maximum Gasteiger partial charge on any atom is 0.282 e. The molecule has 0 aliphatic rings. The Morgan fingerprint density at radius 2 is 1.86 bits per heavy atom. The Hall–Kier alpha value is -3.69. The highest BCUT2D eigenvalue weighted by atomic mass is 79.9. The predicted molar refractivity (Wildman–Crippen MR) is 148 cm³/mol. The molecule has 7 nitrogen and oxygen atoms in total. The van der Waals surface area contributed by atoms with Crippen LogP contribution < -0.4 is 15.0 Å². The minimum atomic E-state index is -0.316. The minimum Gasteiger partial charge on any atom is -0.496 e. The first-order valence-corrected chi connectivity index (χ1v) is 12.4. The van der Waals surface area contributed by atoms with E-state index in [0.29, 0.717) is 40.4 Å². The van der Waals surface area contributed by atoms with Gasteiger partial charge in [0.2, 0.25) is 5.82 Å². The average Bonchev–Trinajstić information content (AvgIpc) is 3.32. The third kappa shape index (κ3) is 4.47. The number of aromatic nitrogens is 2. The van der Waals surface area contributed by atoms with E-state index in [2.05, 4.69) is 43.5 Å². The summed E-state index contributed by atoms with van der Waals surface area (Å²) >= 11 is 7.05. The zero-order valence-electron chi connectivity index (χ0n) is 19.1. The largest absolute Gasteiger partial charge is 0.496 e. The number of furan rings is 1. The van der Waals surface area contributed by atoms with Crippen molar-refractivity contribution in [1.29, 1.82) is 0 Å². The summed E-state index contributed by atoms with van der Waals surface area (Å²) in [5.74, 6) is 1.98. The van der Waals surface area contributed by atoms with Crippen molar-refractivity contribution in [2.75, 3.05) is 13.7 Å². The number of methoxy groups -OCH3 is 1. The monoisotopic (exact) mass is 607 g/mol. The number of hydrogen-bond donors (Lipinski definition) is 0. The van der Waals surface area contributed by atoms with Crippen LogP contribution in [-0.4, -0.2) is 29.6 Å². The lowest BCUT2D eigenvalue weighted by Gasteiger charge is -2.10. The molecule has 0 N–H and O–H groups in total. The summed E-state index contributed by atoms with van der Waals surface area (Å²) in [5, 5.41) is 5.74. The lowest BCUT2D eigenvalue weighted by molar-refractivity contribution is 0.358. The van der Waals surface area contributed by atoms with Gasteiger partial charge in [0, 0.05) is 0 Å². The van der Waals surface area contributed by atoms with Gasteiger partial charge >= 0.3 is 0 Å². The van der Waals surface area contributed by atoms with Crippen molar-refractivity contribution < 1.29 is 13.9 Å². The standard InChI is InChI=1S/C27H19Br2N3O4/c1-3-11-35-25-19(28)12-16(13-20(25)29)15-30-32-26(31-21-8-5-4-7-17(21)27(32)33)24-14-18-22(34-2)9-6-10-23(18)36-24/h3-10,12-15H,1,11H2,2H3. The number of para-hydroxylation sites is 1. The van der Waals surface area contributed by atoms with Gasteiger partial charge in [-0.15, -0.1) is 0 Å². The zero-order chi connectivity index (χ0) is 25.2. The van der Waals surface area contributed by atoms with E-state index in [1.54, 1.807) is 43.7 Å². The van der Waals surface area contributed by atoms with E-state index in [1.807, 2.05) is 36.4 Å². The molecule has 9 heteroatoms. The molecule has 0 aliphatic heterocycles. The van der Waals surface area contributed by atoms with Crippen molar-refractivity contribution in [3.8, 4) is 23.1 Å². The fraction of sp³-hybridized carbons (Fsp3) is 0.0741. The van der Waals surface area contributed by atoms with E-state index >= 15 is 0 Å². The molecule has 0 atom stereocenters. The van der Waals surface area contributed by atoms with Crippen LogP contribution in [-0.2, 0) is 0 Å². The first-order valence-electron chi connectivity index (χ1n) is 10.9. The summed E-state index contributed by atoms with van der Waals surface area (Å²) in [6.07, 6.45) is 3.25. The van der Waals surface area contributed by atoms with Gasteiger partial charge in [-0.25, -0.2) is 4.98 Å². The van der Waals surface area contributed by atoms with Crippen LogP contribution in [0.2, 0.25) is 0 Å². The third-order valence-corrected chi connectivity index (χ3v) is 6.58. The summed E-state index contributed by atoms with van der Waals surface area (Å²) in [6.45, 7) is 4.04. The Bertz CT molecular complexity index is 1680. The Balaban J connectivity index is 1.66. The number of ether oxygens (including phenoxy) is 2. The molecule has 0 spiro atoms. The van der Waals surface area contributed by atoms with E-state index in [0.717, 1.165) is 19.9 Å². The van der Waals surface area contributed by atoms with Crippen molar-refractivity contribution in [3.05, 3.63) is 98.2 Å². The van der Waals surface area contributed by atoms with Crippen LogP contribution in [0, 0.1) is 0 Å². The van der Waals surface area contributed by atoms with Gasteiger partial charge in [0.25, 0.3) is 5.56 Å². The Morgan fingerprint density at radius 3 is 2.61 bits per heavy atom. The Morgan fingerprint density at radius 1 is 1.08 bits per heavy atom. The fourth-order valence-electron chi connectivity index (χ4n) is 3.77. The van der Waals surface area contributed by atoms with Crippen molar-refractivity contribution in [1.82, 2.24) is 9.66 Å². The first-order chi connectivity index (χ1) is 17.5. The van der Waals surface area contributed by atoms with Gasteiger partial charge in [-0.1, -0.05) is 30.9 Å². The summed E-state index contributed by atoms with van der Waals surface area (Å²) in [7, 11) is 1.60. The maximum atomic E-state index is 13.5. The molecule has 180 valence electrons. The highest BCUT2D eigenvalue weighted by Crippen LogP contribution is 2.35. The number of nitrogens with zero attached hydrogens (tertiary/aromatic N) is 3. The molecule has 0 radical (unpaired) electrons. The molecule has 0 saturated carbocycles. The van der Waals surface area contributed by atoms with Crippen molar-refractivity contribution in [2.45, 2.75) is 0 Å². The molecule has 36 heavy (non-hydrogen) atoms. The molecule has 2 heterocycles. The second-order valence-corrected chi connectivity index (χ2v) is 9.42. The molecule has 0 unspecified atom stereocenters. The first kappa shape index (κ1) is 24.0. The van der Waals surface area contributed by atoms with E-state index in [9.17, 15) is 4.79 Å². The zero-order valence-corrected chi connectivity index (χ0v) is 22.2. The van der Waals surface area contributed by atoms with Crippen LogP contribution in [0.15, 0.2) is 96.6 Å². The van der Waals surface area contributed by atoms with Crippen molar-refractivity contribution in [3.63, 3.8) is 0 Å². The molecule has 0 amide bonds. The summed E-state index contributed by atoms with van der Waals surface area (Å²) < 4.78 is 19.9. The molecule has 0 fully saturated rings. The van der Waals surface area contributed by atoms with Crippen LogP contribution in [0.5, 0.6) is 11.5 Å². The van der Waals surface area contributed by atoms with Crippen LogP contribution in [0.1, 0.15) is 5.56 Å². The molecule has 0 aliphatic carbocycles. The molecule has 2 aromatic heterocycles. The average molecular weight is 609 g/mol. The molecule has 5 rings (SSSR count). The summed E-state index contributed by atoms with van der Waals surface area (Å²) in [6, 6.07) is 18.1. The van der Waals surface area contributed by atoms with Crippen molar-refractivity contribution >= 4 is 59.9 Å². The van der Waals surface area contributed by atoms with Gasteiger partial charge in [-0.3, -0.25) is 4.79 Å². The quantitative estimate of drug-likeness (QED) is 0.150. The maximum absolute atomic E-state index is 13.5. The normalized spacial score (nSPS) is 11.4. The molecule has 3 aromatic carbocycles. The van der Waals surface area contributed by atoms with Crippen LogP contribution in [0.3, 0.4) is 0 Å². The number of fused-ring (bicyclic) bond motifs is 2. The lowest BCUT2D eigenvalue weighted by Crippen LogP contribution is -2.20. The van der Waals surface area contributed by atoms with Gasteiger partial charge in [0.15, 0.2) is 5.76 Å². The van der Waals surface area contributed by atoms with E-state index < -0.39 is 0 Å². The Kier molecular flexibility index (Phi) is 6.75. The molecular formula is C27H19Br2N3O4. The fourth-order valence-corrected chi connectivity index (χ4v) is 5.22. The topological polar surface area (TPSA) is 78.8 Å². The highest BCUT2D eigenvalue weighted by molar-refractivity contribution is 9.11. The van der Waals surface area contributed by atoms with Gasteiger partial charge in [-0.2, -0.15) is 9.78 Å². The minimum absolute atomic E-state index is 0.275. The number of benzene rings is 3. The van der Waals surface area contributed by atoms with Crippen molar-refractivity contribution in [2.24, 2.45) is 5.10 Å². The molecular weight excluding hydrogens is 590 g/mol. The van der Waals surface area contributed by atoms with Gasteiger partial charge < -0.3 is 13.9 Å². The number of hydrogen-bond acceptors (Lipinski definition) is 6. The number of rotatable bonds is 7. The second-order valence-electron chi connectivity index (χ2n) is 7.71. The van der Waals surface area contributed by atoms with Crippen LogP contribution >= 0.6 is 31.9 Å². The van der Waals surface area contributed by atoms with E-state index in [-0.39, 0.29) is 11.4 Å². The van der Waals surface area contributed by atoms with Crippen LogP contribution in [0.4, 0.5) is 0 Å². The third-order valence-electron chi connectivity index (χ3n) is 5.40. The molecule has 0 bridgehead atoms. The molecule has 0 saturated heterocycles. The highest BCUT2D eigenvalue weighted by Gasteiger charge is 2.18. The van der Waals surface area contributed by atoms with E-state index in [1.165, 1.54) is 4.68 Å². The smallest absolute Gasteiger partial charge is 0.282 e. The SMILES string of the molecule is C=CCOc1c(Br)cc(C=Nn2c(-c3cc4c(OC)cccc4o3)nc3ccccc3c2=O)cc1Br. The predicted octanol–water partition coefficient (Wildman–Crippen LogP) is 6.79. The van der Waals surface area contributed by atoms with Crippen LogP contribution in [0.25, 0.3) is 33.5 Å². The summed E-state index contributed by atoms with van der Waals surface area (Å²) in [4.78, 5) is 18.2. The molecule has 5 aromatic rings. The van der Waals surface area contributed by atoms with E-state index in [4.69, 9.17) is 18.9 Å². The van der Waals surface area contributed by atoms with Gasteiger partial charge in [-0.05, 0) is 79.9 Å². The van der Waals surface area contributed by atoms with Gasteiger partial charge in [0.1, 0.15) is 23.7 Å². The van der Waals surface area contributed by atoms with Gasteiger partial charge in [0.05, 0.1) is 38.6 Å². The lowest BCUT2D eigenvalue weighted by atomic mass is 10.2.